The minimum atomic E-state index is -0.845. The normalized spacial score (nSPS) is 10.0. The van der Waals surface area contributed by atoms with E-state index in [1.54, 1.807) is 19.9 Å². The predicted octanol–water partition coefficient (Wildman–Crippen LogP) is 1.04. The number of rotatable bonds is 1. The fourth-order valence-electron chi connectivity index (χ4n) is 0.123. The van der Waals surface area contributed by atoms with Gasteiger partial charge in [0.1, 0.15) is 0 Å². The molecule has 0 aromatic heterocycles. The summed E-state index contributed by atoms with van der Waals surface area (Å²) < 4.78 is 0. The van der Waals surface area contributed by atoms with E-state index in [1.807, 2.05) is 0 Å². The SMILES string of the molecule is CC=C(C)C(=O)O.[Ce]. The van der Waals surface area contributed by atoms with Gasteiger partial charge < -0.3 is 5.11 Å². The molecule has 0 rings (SSSR count). The molecule has 0 spiro atoms. The van der Waals surface area contributed by atoms with Gasteiger partial charge in [-0.2, -0.15) is 0 Å². The number of allylic oxidation sites excluding steroid dienone is 1. The molecule has 0 atom stereocenters. The minimum absolute atomic E-state index is 0. The van der Waals surface area contributed by atoms with Crippen LogP contribution < -0.4 is 0 Å². The Morgan fingerprint density at radius 2 is 2.00 bits per heavy atom. The van der Waals surface area contributed by atoms with E-state index in [4.69, 9.17) is 5.11 Å². The van der Waals surface area contributed by atoms with Gasteiger partial charge >= 0.3 is 5.97 Å². The molecule has 0 bridgehead atoms. The second kappa shape index (κ2) is 5.72. The average molecular weight is 240 g/mol. The second-order valence-corrected chi connectivity index (χ2v) is 1.28. The third-order valence-corrected chi connectivity index (χ3v) is 0.770. The van der Waals surface area contributed by atoms with Crippen molar-refractivity contribution in [1.82, 2.24) is 0 Å². The van der Waals surface area contributed by atoms with E-state index in [9.17, 15) is 4.79 Å². The predicted molar refractivity (Wildman–Crippen MR) is 27.1 cm³/mol. The molecular weight excluding hydrogens is 232 g/mol. The first-order valence-corrected chi connectivity index (χ1v) is 2.04. The fraction of sp³-hybridized carbons (Fsp3) is 0.400. The number of hydrogen-bond donors (Lipinski definition) is 1. The fourth-order valence-corrected chi connectivity index (χ4v) is 0.123. The Bertz CT molecular complexity index is 107. The molecule has 0 heterocycles. The van der Waals surface area contributed by atoms with Crippen LogP contribution in [-0.4, -0.2) is 11.1 Å². The maximum Gasteiger partial charge on any atom is 0.330 e. The summed E-state index contributed by atoms with van der Waals surface area (Å²) in [5.41, 5.74) is 0.389. The van der Waals surface area contributed by atoms with Crippen molar-refractivity contribution in [3.63, 3.8) is 0 Å². The smallest absolute Gasteiger partial charge is 0.330 e. The van der Waals surface area contributed by atoms with Crippen LogP contribution in [0.5, 0.6) is 0 Å². The summed E-state index contributed by atoms with van der Waals surface area (Å²) in [7, 11) is 0. The number of aliphatic carboxylic acids is 1. The summed E-state index contributed by atoms with van der Waals surface area (Å²) in [5, 5.41) is 8.11. The van der Waals surface area contributed by atoms with Gasteiger partial charge in [0.15, 0.2) is 0 Å². The molecule has 0 fully saturated rings. The summed E-state index contributed by atoms with van der Waals surface area (Å²) in [4.78, 5) is 9.86. The zero-order valence-electron chi connectivity index (χ0n) is 4.93. The van der Waals surface area contributed by atoms with E-state index in [2.05, 4.69) is 0 Å². The molecular formula is C5H8CeO2. The largest absolute Gasteiger partial charge is 0.478 e. The summed E-state index contributed by atoms with van der Waals surface area (Å²) >= 11 is 0. The number of carboxylic acid groups (broad SMARTS) is 1. The quantitative estimate of drug-likeness (QED) is 0.695. The van der Waals surface area contributed by atoms with Crippen molar-refractivity contribution in [1.29, 1.82) is 0 Å². The number of carboxylic acids is 1. The van der Waals surface area contributed by atoms with Gasteiger partial charge in [-0.05, 0) is 13.8 Å². The molecule has 0 saturated carbocycles. The van der Waals surface area contributed by atoms with Crippen molar-refractivity contribution < 1.29 is 51.6 Å². The first kappa shape index (κ1) is 11.4. The molecule has 0 saturated heterocycles. The zero-order valence-corrected chi connectivity index (χ0v) is 8.07. The Hall–Kier alpha value is 0.587. The third-order valence-electron chi connectivity index (χ3n) is 0.770. The Balaban J connectivity index is 0. The summed E-state index contributed by atoms with van der Waals surface area (Å²) in [6, 6.07) is 0. The number of hydrogen-bond acceptors (Lipinski definition) is 1. The van der Waals surface area contributed by atoms with Crippen molar-refractivity contribution in [3.05, 3.63) is 11.6 Å². The first-order valence-electron chi connectivity index (χ1n) is 2.04. The number of carbonyl (C=O) groups is 1. The van der Waals surface area contributed by atoms with Crippen LogP contribution in [0.1, 0.15) is 13.8 Å². The molecule has 44 valence electrons. The molecule has 1 N–H and O–H groups in total. The average Bonchev–Trinajstić information content (AvgIpc) is 1.65. The van der Waals surface area contributed by atoms with Crippen molar-refractivity contribution >= 4 is 5.97 Å². The van der Waals surface area contributed by atoms with E-state index >= 15 is 0 Å². The molecule has 0 aromatic rings. The van der Waals surface area contributed by atoms with Crippen molar-refractivity contribution in [3.8, 4) is 0 Å². The maximum atomic E-state index is 9.86. The van der Waals surface area contributed by atoms with Crippen LogP contribution in [0.3, 0.4) is 0 Å². The van der Waals surface area contributed by atoms with Crippen LogP contribution in [0.4, 0.5) is 0 Å². The van der Waals surface area contributed by atoms with Gasteiger partial charge in [0.2, 0.25) is 0 Å². The van der Waals surface area contributed by atoms with E-state index in [0.717, 1.165) is 0 Å². The second-order valence-electron chi connectivity index (χ2n) is 1.28. The van der Waals surface area contributed by atoms with Crippen LogP contribution >= 0.6 is 0 Å². The van der Waals surface area contributed by atoms with Crippen molar-refractivity contribution in [2.24, 2.45) is 0 Å². The zero-order chi connectivity index (χ0) is 5.86. The molecule has 2 nitrogen and oxygen atoms in total. The molecule has 0 aromatic carbocycles. The van der Waals surface area contributed by atoms with E-state index in [1.165, 1.54) is 0 Å². The molecule has 0 amide bonds. The Kier molecular flexibility index (Phi) is 8.14. The van der Waals surface area contributed by atoms with Crippen molar-refractivity contribution in [2.45, 2.75) is 13.8 Å². The van der Waals surface area contributed by atoms with Crippen LogP contribution in [0, 0.1) is 41.7 Å². The van der Waals surface area contributed by atoms with E-state index < -0.39 is 5.97 Å². The summed E-state index contributed by atoms with van der Waals surface area (Å²) in [6.45, 7) is 3.26. The minimum Gasteiger partial charge on any atom is -0.478 e. The molecule has 8 heavy (non-hydrogen) atoms. The first-order chi connectivity index (χ1) is 3.18. The molecule has 0 aliphatic rings. The Morgan fingerprint density at radius 3 is 2.00 bits per heavy atom. The molecule has 3 heteroatoms. The monoisotopic (exact) mass is 240 g/mol. The van der Waals surface area contributed by atoms with Gasteiger partial charge in [0.25, 0.3) is 0 Å². The van der Waals surface area contributed by atoms with Gasteiger partial charge in [0, 0.05) is 47.3 Å². The van der Waals surface area contributed by atoms with Gasteiger partial charge in [-0.3, -0.25) is 0 Å². The van der Waals surface area contributed by atoms with Gasteiger partial charge in [-0.25, -0.2) is 4.79 Å². The molecule has 0 radical (unpaired) electrons. The van der Waals surface area contributed by atoms with Crippen LogP contribution in [0.25, 0.3) is 0 Å². The molecule has 0 aliphatic heterocycles. The van der Waals surface area contributed by atoms with Crippen molar-refractivity contribution in [2.75, 3.05) is 0 Å². The van der Waals surface area contributed by atoms with Gasteiger partial charge in [-0.15, -0.1) is 0 Å². The summed E-state index contributed by atoms with van der Waals surface area (Å²) in [5.74, 6) is -0.845. The van der Waals surface area contributed by atoms with Gasteiger partial charge in [-0.1, -0.05) is 6.08 Å². The van der Waals surface area contributed by atoms with E-state index in [0.29, 0.717) is 5.57 Å². The molecule has 0 unspecified atom stereocenters. The topological polar surface area (TPSA) is 37.3 Å². The Morgan fingerprint density at radius 1 is 1.62 bits per heavy atom. The van der Waals surface area contributed by atoms with Crippen LogP contribution in [-0.2, 0) is 4.79 Å². The molecule has 0 aliphatic carbocycles. The van der Waals surface area contributed by atoms with Crippen LogP contribution in [0.15, 0.2) is 11.6 Å². The summed E-state index contributed by atoms with van der Waals surface area (Å²) in [6.07, 6.45) is 1.56. The van der Waals surface area contributed by atoms with E-state index in [-0.39, 0.29) is 41.7 Å². The maximum absolute atomic E-state index is 9.86. The van der Waals surface area contributed by atoms with Gasteiger partial charge in [0.05, 0.1) is 0 Å². The third kappa shape index (κ3) is 4.74. The standard InChI is InChI=1S/C5H8O2.Ce/c1-3-4(2)5(6)7;/h3H,1-2H3,(H,6,7);. The Labute approximate surface area is 82.3 Å². The van der Waals surface area contributed by atoms with Crippen LogP contribution in [0.2, 0.25) is 0 Å².